The number of benzene rings is 1. The molecule has 1 unspecified atom stereocenters. The van der Waals surface area contributed by atoms with E-state index >= 15 is 0 Å². The first-order valence-electron chi connectivity index (χ1n) is 8.78. The van der Waals surface area contributed by atoms with Crippen LogP contribution in [0.15, 0.2) is 53.7 Å². The number of sulfone groups is 1. The number of carbonyl (C=O) groups excluding carboxylic acids is 1. The summed E-state index contributed by atoms with van der Waals surface area (Å²) in [5.74, 6) is 0.567. The van der Waals surface area contributed by atoms with Crippen molar-refractivity contribution in [1.29, 1.82) is 0 Å². The van der Waals surface area contributed by atoms with E-state index in [1.807, 2.05) is 17.0 Å². The fourth-order valence-electron chi connectivity index (χ4n) is 3.06. The Labute approximate surface area is 159 Å². The molecule has 8 heteroatoms. The van der Waals surface area contributed by atoms with Gasteiger partial charge in [-0.3, -0.25) is 9.78 Å². The standard InChI is InChI=1S/C19H23N3O4S/c1-27(24,25)17-6-4-16(5-7-17)26-12-8-19(23)22-11-10-21-14-18(22)15-3-2-9-20-13-15/h2-7,9,13,18,21H,8,10-12,14H2,1H3. The molecule has 2 aromatic rings. The van der Waals surface area contributed by atoms with E-state index in [1.165, 1.54) is 12.1 Å². The van der Waals surface area contributed by atoms with Crippen molar-refractivity contribution >= 4 is 15.7 Å². The maximum Gasteiger partial charge on any atom is 0.226 e. The van der Waals surface area contributed by atoms with Gasteiger partial charge in [-0.15, -0.1) is 0 Å². The third kappa shape index (κ3) is 5.05. The summed E-state index contributed by atoms with van der Waals surface area (Å²) in [5, 5.41) is 3.32. The molecular weight excluding hydrogens is 366 g/mol. The Kier molecular flexibility index (Phi) is 6.08. The highest BCUT2D eigenvalue weighted by atomic mass is 32.2. The van der Waals surface area contributed by atoms with Crippen LogP contribution in [0.3, 0.4) is 0 Å². The normalized spacial score (nSPS) is 17.5. The van der Waals surface area contributed by atoms with E-state index in [9.17, 15) is 13.2 Å². The van der Waals surface area contributed by atoms with E-state index in [0.717, 1.165) is 18.4 Å². The lowest BCUT2D eigenvalue weighted by atomic mass is 10.0. The zero-order chi connectivity index (χ0) is 19.3. The van der Waals surface area contributed by atoms with Crippen LogP contribution in [0.4, 0.5) is 0 Å². The molecule has 1 atom stereocenters. The lowest BCUT2D eigenvalue weighted by Crippen LogP contribution is -2.49. The molecule has 1 aliphatic rings. The predicted octanol–water partition coefficient (Wildman–Crippen LogP) is 1.43. The average molecular weight is 389 g/mol. The summed E-state index contributed by atoms with van der Waals surface area (Å²) in [6.45, 7) is 2.34. The smallest absolute Gasteiger partial charge is 0.226 e. The highest BCUT2D eigenvalue weighted by Crippen LogP contribution is 2.22. The highest BCUT2D eigenvalue weighted by Gasteiger charge is 2.27. The first-order chi connectivity index (χ1) is 12.9. The summed E-state index contributed by atoms with van der Waals surface area (Å²) in [4.78, 5) is 18.9. The Balaban J connectivity index is 1.56. The largest absolute Gasteiger partial charge is 0.493 e. The molecule has 1 aliphatic heterocycles. The Morgan fingerprint density at radius 1 is 1.30 bits per heavy atom. The first kappa shape index (κ1) is 19.3. The highest BCUT2D eigenvalue weighted by molar-refractivity contribution is 7.90. The number of hydrogen-bond acceptors (Lipinski definition) is 6. The zero-order valence-corrected chi connectivity index (χ0v) is 16.0. The Bertz CT molecular complexity index is 870. The van der Waals surface area contributed by atoms with E-state index in [1.54, 1.807) is 24.5 Å². The number of aromatic nitrogens is 1. The quantitative estimate of drug-likeness (QED) is 0.804. The average Bonchev–Trinajstić information content (AvgIpc) is 2.68. The number of nitrogens with one attached hydrogen (secondary N) is 1. The number of ether oxygens (including phenoxy) is 1. The number of pyridine rings is 1. The van der Waals surface area contributed by atoms with Gasteiger partial charge in [-0.25, -0.2) is 8.42 Å². The summed E-state index contributed by atoms with van der Waals surface area (Å²) in [5.41, 5.74) is 1.01. The van der Waals surface area contributed by atoms with Crippen LogP contribution in [-0.4, -0.2) is 56.7 Å². The van der Waals surface area contributed by atoms with Gasteiger partial charge in [-0.1, -0.05) is 6.07 Å². The van der Waals surface area contributed by atoms with Crippen LogP contribution in [0.1, 0.15) is 18.0 Å². The van der Waals surface area contributed by atoms with Crippen molar-refractivity contribution in [3.63, 3.8) is 0 Å². The molecule has 0 bridgehead atoms. The molecule has 3 rings (SSSR count). The molecule has 0 saturated carbocycles. The molecule has 1 amide bonds. The first-order valence-corrected chi connectivity index (χ1v) is 10.7. The molecule has 1 aromatic carbocycles. The van der Waals surface area contributed by atoms with Gasteiger partial charge in [0.15, 0.2) is 9.84 Å². The molecule has 27 heavy (non-hydrogen) atoms. The van der Waals surface area contributed by atoms with E-state index in [2.05, 4.69) is 10.3 Å². The second-order valence-corrected chi connectivity index (χ2v) is 8.45. The minimum atomic E-state index is -3.23. The van der Waals surface area contributed by atoms with Gasteiger partial charge in [-0.05, 0) is 35.9 Å². The topological polar surface area (TPSA) is 88.6 Å². The van der Waals surface area contributed by atoms with Crippen molar-refractivity contribution in [3.05, 3.63) is 54.4 Å². The molecule has 0 aliphatic carbocycles. The van der Waals surface area contributed by atoms with Gasteiger partial charge in [0.1, 0.15) is 5.75 Å². The van der Waals surface area contributed by atoms with Crippen molar-refractivity contribution in [2.45, 2.75) is 17.4 Å². The Morgan fingerprint density at radius 3 is 2.74 bits per heavy atom. The number of piperazine rings is 1. The van der Waals surface area contributed by atoms with Crippen molar-refractivity contribution < 1.29 is 17.9 Å². The maximum atomic E-state index is 12.7. The molecule has 1 saturated heterocycles. The van der Waals surface area contributed by atoms with Crippen molar-refractivity contribution in [2.75, 3.05) is 32.5 Å². The summed E-state index contributed by atoms with van der Waals surface area (Å²) >= 11 is 0. The third-order valence-corrected chi connectivity index (χ3v) is 5.60. The monoisotopic (exact) mass is 389 g/mol. The van der Waals surface area contributed by atoms with Crippen LogP contribution < -0.4 is 10.1 Å². The van der Waals surface area contributed by atoms with Gasteiger partial charge >= 0.3 is 0 Å². The van der Waals surface area contributed by atoms with Gasteiger partial charge in [0, 0.05) is 38.3 Å². The molecule has 1 aromatic heterocycles. The van der Waals surface area contributed by atoms with Crippen molar-refractivity contribution in [3.8, 4) is 5.75 Å². The minimum absolute atomic E-state index is 0.0260. The molecule has 1 N–H and O–H groups in total. The molecule has 0 radical (unpaired) electrons. The number of hydrogen-bond donors (Lipinski definition) is 1. The SMILES string of the molecule is CS(=O)(=O)c1ccc(OCCC(=O)N2CCNCC2c2cccnc2)cc1. The third-order valence-electron chi connectivity index (χ3n) is 4.47. The predicted molar refractivity (Wildman–Crippen MR) is 101 cm³/mol. The minimum Gasteiger partial charge on any atom is -0.493 e. The fourth-order valence-corrected chi connectivity index (χ4v) is 3.69. The lowest BCUT2D eigenvalue weighted by Gasteiger charge is -2.36. The van der Waals surface area contributed by atoms with Gasteiger partial charge < -0.3 is 15.0 Å². The van der Waals surface area contributed by atoms with Crippen molar-refractivity contribution in [1.82, 2.24) is 15.2 Å². The molecule has 1 fully saturated rings. The lowest BCUT2D eigenvalue weighted by molar-refractivity contribution is -0.135. The second-order valence-electron chi connectivity index (χ2n) is 6.44. The summed E-state index contributed by atoms with van der Waals surface area (Å²) in [6.07, 6.45) is 4.92. The van der Waals surface area contributed by atoms with Crippen LogP contribution in [-0.2, 0) is 14.6 Å². The Morgan fingerprint density at radius 2 is 2.07 bits per heavy atom. The molecule has 7 nitrogen and oxygen atoms in total. The number of nitrogens with zero attached hydrogens (tertiary/aromatic N) is 2. The summed E-state index contributed by atoms with van der Waals surface area (Å²) < 4.78 is 28.5. The van der Waals surface area contributed by atoms with E-state index in [-0.39, 0.29) is 29.9 Å². The van der Waals surface area contributed by atoms with Crippen LogP contribution in [0, 0.1) is 0 Å². The molecule has 0 spiro atoms. The van der Waals surface area contributed by atoms with Gasteiger partial charge in [0.2, 0.25) is 5.91 Å². The number of carbonyl (C=O) groups is 1. The van der Waals surface area contributed by atoms with Gasteiger partial charge in [0.05, 0.1) is 24.0 Å². The van der Waals surface area contributed by atoms with E-state index < -0.39 is 9.84 Å². The second kappa shape index (κ2) is 8.49. The van der Waals surface area contributed by atoms with E-state index in [0.29, 0.717) is 18.8 Å². The van der Waals surface area contributed by atoms with E-state index in [4.69, 9.17) is 4.74 Å². The number of rotatable bonds is 6. The number of amides is 1. The summed E-state index contributed by atoms with van der Waals surface area (Å²) in [6, 6.07) is 10.0. The van der Waals surface area contributed by atoms with Crippen LogP contribution in [0.2, 0.25) is 0 Å². The molecule has 144 valence electrons. The summed E-state index contributed by atoms with van der Waals surface area (Å²) in [7, 11) is -3.23. The van der Waals surface area contributed by atoms with Crippen LogP contribution in [0.5, 0.6) is 5.75 Å². The van der Waals surface area contributed by atoms with Crippen molar-refractivity contribution in [2.24, 2.45) is 0 Å². The van der Waals surface area contributed by atoms with Gasteiger partial charge in [-0.2, -0.15) is 0 Å². The molecular formula is C19H23N3O4S. The van der Waals surface area contributed by atoms with Crippen LogP contribution >= 0.6 is 0 Å². The molecule has 2 heterocycles. The fraction of sp³-hybridized carbons (Fsp3) is 0.368. The zero-order valence-electron chi connectivity index (χ0n) is 15.2. The van der Waals surface area contributed by atoms with Crippen LogP contribution in [0.25, 0.3) is 0 Å². The van der Waals surface area contributed by atoms with Gasteiger partial charge in [0.25, 0.3) is 0 Å². The Hall–Kier alpha value is -2.45. The maximum absolute atomic E-state index is 12.7.